The van der Waals surface area contributed by atoms with Gasteiger partial charge in [0.1, 0.15) is 0 Å². The summed E-state index contributed by atoms with van der Waals surface area (Å²) in [5.74, 6) is -0.858. The van der Waals surface area contributed by atoms with Gasteiger partial charge in [0.2, 0.25) is 5.82 Å². The molecule has 2 aromatic rings. The molecule has 0 bridgehead atoms. The van der Waals surface area contributed by atoms with Gasteiger partial charge in [0, 0.05) is 24.1 Å². The predicted octanol–water partition coefficient (Wildman–Crippen LogP) is 3.01. The summed E-state index contributed by atoms with van der Waals surface area (Å²) in [7, 11) is 0. The molecule has 0 amide bonds. The van der Waals surface area contributed by atoms with Crippen LogP contribution in [0.4, 0.5) is 15.8 Å². The van der Waals surface area contributed by atoms with E-state index in [0.29, 0.717) is 5.69 Å². The third kappa shape index (κ3) is 2.87. The molecule has 0 aliphatic carbocycles. The van der Waals surface area contributed by atoms with Crippen LogP contribution in [0, 0.1) is 22.9 Å². The van der Waals surface area contributed by atoms with Gasteiger partial charge in [-0.3, -0.25) is 20.1 Å². The van der Waals surface area contributed by atoms with Crippen molar-refractivity contribution in [3.05, 3.63) is 57.9 Å². The van der Waals surface area contributed by atoms with Gasteiger partial charge in [-0.15, -0.1) is 0 Å². The van der Waals surface area contributed by atoms with Gasteiger partial charge in [-0.2, -0.15) is 4.39 Å². The zero-order chi connectivity index (χ0) is 14.7. The number of halogens is 1. The SMILES string of the molecule is Cc1nccnc1C(C)Nc1ccc(F)c([N+](=O)[O-])c1. The summed E-state index contributed by atoms with van der Waals surface area (Å²) in [6, 6.07) is 3.48. The zero-order valence-electron chi connectivity index (χ0n) is 11.0. The number of anilines is 1. The Balaban J connectivity index is 2.24. The summed E-state index contributed by atoms with van der Waals surface area (Å²) in [6.45, 7) is 3.68. The lowest BCUT2D eigenvalue weighted by molar-refractivity contribution is -0.387. The van der Waals surface area contributed by atoms with E-state index in [1.54, 1.807) is 12.4 Å². The summed E-state index contributed by atoms with van der Waals surface area (Å²) in [5.41, 5.74) is 1.40. The van der Waals surface area contributed by atoms with Crippen molar-refractivity contribution in [2.45, 2.75) is 19.9 Å². The maximum absolute atomic E-state index is 13.3. The van der Waals surface area contributed by atoms with Crippen LogP contribution in [-0.2, 0) is 0 Å². The fraction of sp³-hybridized carbons (Fsp3) is 0.231. The van der Waals surface area contributed by atoms with Crippen molar-refractivity contribution in [3.8, 4) is 0 Å². The molecular formula is C13H13FN4O2. The number of nitrogens with zero attached hydrogens (tertiary/aromatic N) is 3. The third-order valence-corrected chi connectivity index (χ3v) is 2.86. The van der Waals surface area contributed by atoms with Crippen molar-refractivity contribution in [2.75, 3.05) is 5.32 Å². The first-order chi connectivity index (χ1) is 9.49. The fourth-order valence-corrected chi connectivity index (χ4v) is 1.90. The van der Waals surface area contributed by atoms with E-state index in [1.807, 2.05) is 13.8 Å². The normalized spacial score (nSPS) is 11.9. The summed E-state index contributed by atoms with van der Waals surface area (Å²) >= 11 is 0. The second-order valence-corrected chi connectivity index (χ2v) is 4.32. The number of aryl methyl sites for hydroxylation is 1. The smallest absolute Gasteiger partial charge is 0.306 e. The van der Waals surface area contributed by atoms with Crippen LogP contribution in [0.15, 0.2) is 30.6 Å². The van der Waals surface area contributed by atoms with E-state index in [4.69, 9.17) is 0 Å². The molecule has 6 nitrogen and oxygen atoms in total. The molecule has 0 saturated carbocycles. The number of nitrogens with one attached hydrogen (secondary N) is 1. The molecular weight excluding hydrogens is 263 g/mol. The standard InChI is InChI=1S/C13H13FN4O2/c1-8-13(16-6-5-15-8)9(2)17-10-3-4-11(14)12(7-10)18(19)20/h3-7,9,17H,1-2H3. The van der Waals surface area contributed by atoms with Gasteiger partial charge >= 0.3 is 5.69 Å². The Labute approximate surface area is 114 Å². The minimum Gasteiger partial charge on any atom is -0.377 e. The maximum atomic E-state index is 13.3. The highest BCUT2D eigenvalue weighted by Crippen LogP contribution is 2.25. The zero-order valence-corrected chi connectivity index (χ0v) is 11.0. The van der Waals surface area contributed by atoms with Gasteiger partial charge in [0.25, 0.3) is 0 Å². The lowest BCUT2D eigenvalue weighted by Gasteiger charge is -2.15. The molecule has 0 radical (unpaired) electrons. The lowest BCUT2D eigenvalue weighted by atomic mass is 10.1. The summed E-state index contributed by atoms with van der Waals surface area (Å²) < 4.78 is 13.3. The number of rotatable bonds is 4. The average Bonchev–Trinajstić information content (AvgIpc) is 2.41. The van der Waals surface area contributed by atoms with Crippen molar-refractivity contribution in [2.24, 2.45) is 0 Å². The van der Waals surface area contributed by atoms with E-state index in [0.717, 1.165) is 23.5 Å². The van der Waals surface area contributed by atoms with Crippen molar-refractivity contribution in [1.82, 2.24) is 9.97 Å². The molecule has 1 heterocycles. The van der Waals surface area contributed by atoms with Crippen molar-refractivity contribution < 1.29 is 9.31 Å². The Hall–Kier alpha value is -2.57. The van der Waals surface area contributed by atoms with Crippen LogP contribution >= 0.6 is 0 Å². The number of nitro groups is 1. The largest absolute Gasteiger partial charge is 0.377 e. The van der Waals surface area contributed by atoms with Crippen LogP contribution in [0.2, 0.25) is 0 Å². The maximum Gasteiger partial charge on any atom is 0.306 e. The van der Waals surface area contributed by atoms with E-state index < -0.39 is 16.4 Å². The monoisotopic (exact) mass is 276 g/mol. The van der Waals surface area contributed by atoms with Gasteiger partial charge in [-0.05, 0) is 26.0 Å². The highest BCUT2D eigenvalue weighted by molar-refractivity contribution is 5.52. The molecule has 104 valence electrons. The summed E-state index contributed by atoms with van der Waals surface area (Å²) in [4.78, 5) is 18.3. The molecule has 0 spiro atoms. The highest BCUT2D eigenvalue weighted by atomic mass is 19.1. The molecule has 1 unspecified atom stereocenters. The van der Waals surface area contributed by atoms with Crippen LogP contribution in [0.25, 0.3) is 0 Å². The van der Waals surface area contributed by atoms with Crippen molar-refractivity contribution >= 4 is 11.4 Å². The molecule has 7 heteroatoms. The Bertz CT molecular complexity index is 648. The van der Waals surface area contributed by atoms with Crippen LogP contribution in [0.1, 0.15) is 24.4 Å². The summed E-state index contributed by atoms with van der Waals surface area (Å²) in [5, 5.41) is 13.7. The Morgan fingerprint density at radius 1 is 1.35 bits per heavy atom. The Kier molecular flexibility index (Phi) is 3.88. The van der Waals surface area contributed by atoms with Crippen molar-refractivity contribution in [3.63, 3.8) is 0 Å². The number of hydrogen-bond acceptors (Lipinski definition) is 5. The van der Waals surface area contributed by atoms with Gasteiger partial charge in [-0.25, -0.2) is 0 Å². The first-order valence-electron chi connectivity index (χ1n) is 5.97. The van der Waals surface area contributed by atoms with Gasteiger partial charge in [0.15, 0.2) is 0 Å². The van der Waals surface area contributed by atoms with Crippen LogP contribution in [-0.4, -0.2) is 14.9 Å². The topological polar surface area (TPSA) is 81.0 Å². The van der Waals surface area contributed by atoms with Gasteiger partial charge < -0.3 is 5.32 Å². The molecule has 1 aromatic carbocycles. The Morgan fingerprint density at radius 3 is 2.70 bits per heavy atom. The summed E-state index contributed by atoms with van der Waals surface area (Å²) in [6.07, 6.45) is 3.17. The highest BCUT2D eigenvalue weighted by Gasteiger charge is 2.16. The molecule has 1 aromatic heterocycles. The number of nitro benzene ring substituents is 1. The number of hydrogen-bond donors (Lipinski definition) is 1. The Morgan fingerprint density at radius 2 is 2.05 bits per heavy atom. The molecule has 0 aliphatic heterocycles. The molecule has 0 saturated heterocycles. The molecule has 0 aliphatic rings. The number of benzene rings is 1. The minimum absolute atomic E-state index is 0.200. The second-order valence-electron chi connectivity index (χ2n) is 4.32. The second kappa shape index (κ2) is 5.60. The van der Waals surface area contributed by atoms with Gasteiger partial charge in [-0.1, -0.05) is 0 Å². The predicted molar refractivity (Wildman–Crippen MR) is 71.9 cm³/mol. The first kappa shape index (κ1) is 13.9. The molecule has 1 atom stereocenters. The van der Waals surface area contributed by atoms with E-state index in [1.165, 1.54) is 6.07 Å². The molecule has 1 N–H and O–H groups in total. The average molecular weight is 276 g/mol. The van der Waals surface area contributed by atoms with Crippen molar-refractivity contribution in [1.29, 1.82) is 0 Å². The fourth-order valence-electron chi connectivity index (χ4n) is 1.90. The number of aromatic nitrogens is 2. The van der Waals surface area contributed by atoms with E-state index in [9.17, 15) is 14.5 Å². The molecule has 2 rings (SSSR count). The van der Waals surface area contributed by atoms with E-state index >= 15 is 0 Å². The molecule has 20 heavy (non-hydrogen) atoms. The third-order valence-electron chi connectivity index (χ3n) is 2.86. The van der Waals surface area contributed by atoms with E-state index in [2.05, 4.69) is 15.3 Å². The molecule has 0 fully saturated rings. The first-order valence-corrected chi connectivity index (χ1v) is 5.97. The lowest BCUT2D eigenvalue weighted by Crippen LogP contribution is -2.11. The van der Waals surface area contributed by atoms with Crippen LogP contribution in [0.5, 0.6) is 0 Å². The van der Waals surface area contributed by atoms with E-state index in [-0.39, 0.29) is 6.04 Å². The van der Waals surface area contributed by atoms with Crippen LogP contribution in [0.3, 0.4) is 0 Å². The minimum atomic E-state index is -0.858. The van der Waals surface area contributed by atoms with Crippen LogP contribution < -0.4 is 5.32 Å². The quantitative estimate of drug-likeness (QED) is 0.685. The van der Waals surface area contributed by atoms with Gasteiger partial charge in [0.05, 0.1) is 22.4 Å².